The van der Waals surface area contributed by atoms with Crippen LogP contribution in [0.25, 0.3) is 0 Å². The third-order valence-electron chi connectivity index (χ3n) is 1.56. The van der Waals surface area contributed by atoms with E-state index >= 15 is 0 Å². The van der Waals surface area contributed by atoms with Crippen LogP contribution in [-0.4, -0.2) is 0 Å². The lowest BCUT2D eigenvalue weighted by Crippen LogP contribution is -1.68. The van der Waals surface area contributed by atoms with Crippen LogP contribution >= 0.6 is 57.8 Å². The molecule has 0 spiro atoms. The van der Waals surface area contributed by atoms with Gasteiger partial charge in [-0.2, -0.15) is 0 Å². The summed E-state index contributed by atoms with van der Waals surface area (Å²) in [6.07, 6.45) is 0. The predicted octanol–water partition coefficient (Wildman–Crippen LogP) is 4.87. The van der Waals surface area contributed by atoms with Gasteiger partial charge in [-0.15, -0.1) is 12.6 Å². The molecule has 2 aromatic rings. The van der Waals surface area contributed by atoms with Crippen molar-refractivity contribution < 1.29 is 0 Å². The summed E-state index contributed by atoms with van der Waals surface area (Å²) >= 11 is 8.67. The summed E-state index contributed by atoms with van der Waals surface area (Å²) in [4.78, 5) is 1.02. The fraction of sp³-hybridized carbons (Fsp3) is 0. The van der Waals surface area contributed by atoms with E-state index in [-0.39, 0.29) is 0 Å². The van der Waals surface area contributed by atoms with Gasteiger partial charge in [0.05, 0.1) is 0 Å². The van der Waals surface area contributed by atoms with E-state index in [1.165, 1.54) is 7.14 Å². The van der Waals surface area contributed by atoms with Crippen LogP contribution in [0.4, 0.5) is 0 Å². The van der Waals surface area contributed by atoms with Crippen molar-refractivity contribution in [3.8, 4) is 0 Å². The lowest BCUT2D eigenvalue weighted by atomic mass is 10.4. The zero-order valence-electron chi connectivity index (χ0n) is 7.90. The van der Waals surface area contributed by atoms with Gasteiger partial charge in [-0.3, -0.25) is 0 Å². The zero-order valence-corrected chi connectivity index (χ0v) is 13.1. The van der Waals surface area contributed by atoms with E-state index in [9.17, 15) is 0 Å². The Bertz CT molecular complexity index is 363. The summed E-state index contributed by atoms with van der Waals surface area (Å²) in [5.41, 5.74) is 0. The van der Waals surface area contributed by atoms with Gasteiger partial charge >= 0.3 is 0 Å². The predicted molar refractivity (Wildman–Crippen MR) is 85.6 cm³/mol. The fourth-order valence-corrected chi connectivity index (χ4v) is 1.75. The minimum absolute atomic E-state index is 1.02. The monoisotopic (exact) mass is 440 g/mol. The first kappa shape index (κ1) is 13.3. The third kappa shape index (κ3) is 6.42. The molecule has 0 radical (unpaired) electrons. The Labute approximate surface area is 123 Å². The molecule has 0 amide bonds. The van der Waals surface area contributed by atoms with Gasteiger partial charge < -0.3 is 0 Å². The highest BCUT2D eigenvalue weighted by Gasteiger charge is 1.82. The Morgan fingerprint density at radius 1 is 0.667 bits per heavy atom. The van der Waals surface area contributed by atoms with Crippen LogP contribution in [0.2, 0.25) is 0 Å². The largest absolute Gasteiger partial charge is 0.143 e. The Kier molecular flexibility index (Phi) is 6.67. The van der Waals surface area contributed by atoms with Gasteiger partial charge in [0.2, 0.25) is 0 Å². The average molecular weight is 440 g/mol. The smallest absolute Gasteiger partial charge is 0.0131 e. The lowest BCUT2D eigenvalue weighted by molar-refractivity contribution is 1.48. The third-order valence-corrected chi connectivity index (χ3v) is 3.30. The minimum atomic E-state index is 1.02. The second-order valence-electron chi connectivity index (χ2n) is 2.77. The standard InChI is InChI=1S/C6H4I2.C6H6S/c7-5-1-2-6(8)4-3-5;7-6-4-2-1-3-5-6/h1-4H;1-5,7H. The molecule has 2 rings (SSSR count). The minimum Gasteiger partial charge on any atom is -0.143 e. The summed E-state index contributed by atoms with van der Waals surface area (Å²) in [5.74, 6) is 0. The summed E-state index contributed by atoms with van der Waals surface area (Å²) in [6.45, 7) is 0. The molecule has 0 bridgehead atoms. The van der Waals surface area contributed by atoms with Crippen LogP contribution in [-0.2, 0) is 0 Å². The van der Waals surface area contributed by atoms with Crippen LogP contribution < -0.4 is 0 Å². The van der Waals surface area contributed by atoms with Gasteiger partial charge in [-0.05, 0) is 81.6 Å². The topological polar surface area (TPSA) is 0 Å². The molecular weight excluding hydrogens is 430 g/mol. The molecule has 0 aliphatic carbocycles. The van der Waals surface area contributed by atoms with Crippen LogP contribution in [0.15, 0.2) is 59.5 Å². The molecule has 0 unspecified atom stereocenters. The second kappa shape index (κ2) is 7.51. The van der Waals surface area contributed by atoms with Crippen LogP contribution in [0, 0.1) is 7.14 Å². The number of halogens is 2. The molecule has 0 nitrogen and oxygen atoms in total. The van der Waals surface area contributed by atoms with Gasteiger partial charge in [0.1, 0.15) is 0 Å². The van der Waals surface area contributed by atoms with Gasteiger partial charge in [0.15, 0.2) is 0 Å². The molecular formula is C12H10I2S. The molecule has 0 saturated carbocycles. The maximum absolute atomic E-state index is 4.08. The first-order valence-electron chi connectivity index (χ1n) is 4.33. The van der Waals surface area contributed by atoms with Crippen molar-refractivity contribution in [1.82, 2.24) is 0 Å². The van der Waals surface area contributed by atoms with Crippen molar-refractivity contribution in [3.63, 3.8) is 0 Å². The Hall–Kier alpha value is 0.250. The summed E-state index contributed by atoms with van der Waals surface area (Å²) in [7, 11) is 0. The zero-order chi connectivity index (χ0) is 11.1. The van der Waals surface area contributed by atoms with Crippen molar-refractivity contribution in [2.45, 2.75) is 4.90 Å². The van der Waals surface area contributed by atoms with Crippen molar-refractivity contribution in [3.05, 3.63) is 61.7 Å². The maximum Gasteiger partial charge on any atom is 0.0131 e. The highest BCUT2D eigenvalue weighted by molar-refractivity contribution is 14.1. The number of hydrogen-bond donors (Lipinski definition) is 1. The summed E-state index contributed by atoms with van der Waals surface area (Å²) in [6, 6.07) is 18.2. The average Bonchev–Trinajstić information content (AvgIpc) is 2.25. The van der Waals surface area contributed by atoms with E-state index < -0.39 is 0 Å². The molecule has 0 aliphatic heterocycles. The molecule has 0 aliphatic rings. The number of rotatable bonds is 0. The van der Waals surface area contributed by atoms with Crippen molar-refractivity contribution in [1.29, 1.82) is 0 Å². The summed E-state index contributed by atoms with van der Waals surface area (Å²) < 4.78 is 2.59. The molecule has 0 N–H and O–H groups in total. The van der Waals surface area contributed by atoms with E-state index in [0.29, 0.717) is 0 Å². The van der Waals surface area contributed by atoms with Crippen LogP contribution in [0.1, 0.15) is 0 Å². The van der Waals surface area contributed by atoms with Crippen LogP contribution in [0.5, 0.6) is 0 Å². The van der Waals surface area contributed by atoms with Gasteiger partial charge in [0.25, 0.3) is 0 Å². The van der Waals surface area contributed by atoms with Crippen molar-refractivity contribution >= 4 is 57.8 Å². The molecule has 3 heteroatoms. The van der Waals surface area contributed by atoms with Gasteiger partial charge in [0, 0.05) is 12.0 Å². The Morgan fingerprint density at radius 2 is 1.07 bits per heavy atom. The van der Waals surface area contributed by atoms with Crippen molar-refractivity contribution in [2.75, 3.05) is 0 Å². The number of thiol groups is 1. The van der Waals surface area contributed by atoms with Crippen LogP contribution in [0.3, 0.4) is 0 Å². The van der Waals surface area contributed by atoms with E-state index in [1.54, 1.807) is 0 Å². The lowest BCUT2D eigenvalue weighted by Gasteiger charge is -1.87. The SMILES string of the molecule is Ic1ccc(I)cc1.Sc1ccccc1. The Balaban J connectivity index is 0.000000151. The maximum atomic E-state index is 4.08. The van der Waals surface area contributed by atoms with E-state index in [2.05, 4.69) is 82.1 Å². The normalized spacial score (nSPS) is 9.00. The first-order valence-corrected chi connectivity index (χ1v) is 6.94. The molecule has 78 valence electrons. The fourth-order valence-electron chi connectivity index (χ4n) is 0.858. The van der Waals surface area contributed by atoms with Gasteiger partial charge in [-0.25, -0.2) is 0 Å². The quantitative estimate of drug-likeness (QED) is 0.439. The molecule has 15 heavy (non-hydrogen) atoms. The molecule has 2 aromatic carbocycles. The second-order valence-corrected chi connectivity index (χ2v) is 5.78. The molecule has 0 fully saturated rings. The Morgan fingerprint density at radius 3 is 1.33 bits per heavy atom. The first-order chi connectivity index (χ1) is 7.18. The van der Waals surface area contributed by atoms with Crippen molar-refractivity contribution in [2.24, 2.45) is 0 Å². The van der Waals surface area contributed by atoms with E-state index in [1.807, 2.05) is 30.3 Å². The molecule has 0 heterocycles. The molecule has 0 atom stereocenters. The highest BCUT2D eigenvalue weighted by Crippen LogP contribution is 2.07. The highest BCUT2D eigenvalue weighted by atomic mass is 127. The number of benzene rings is 2. The van der Waals surface area contributed by atoms with Gasteiger partial charge in [-0.1, -0.05) is 18.2 Å². The van der Waals surface area contributed by atoms with E-state index in [0.717, 1.165) is 4.90 Å². The molecule has 0 saturated heterocycles. The number of hydrogen-bond acceptors (Lipinski definition) is 1. The summed E-state index contributed by atoms with van der Waals surface area (Å²) in [5, 5.41) is 0. The van der Waals surface area contributed by atoms with E-state index in [4.69, 9.17) is 0 Å². The molecule has 0 aromatic heterocycles.